The van der Waals surface area contributed by atoms with E-state index in [0.29, 0.717) is 16.4 Å². The van der Waals surface area contributed by atoms with Crippen LogP contribution in [0.1, 0.15) is 28.8 Å². The van der Waals surface area contributed by atoms with Crippen molar-refractivity contribution in [3.8, 4) is 5.75 Å². The quantitative estimate of drug-likeness (QED) is 0.484. The molecule has 1 aliphatic rings. The van der Waals surface area contributed by atoms with Gasteiger partial charge in [0.2, 0.25) is 0 Å². The number of anilines is 1. The number of aryl methyl sites for hydroxylation is 2. The van der Waals surface area contributed by atoms with E-state index in [2.05, 4.69) is 20.5 Å². The van der Waals surface area contributed by atoms with Crippen molar-refractivity contribution in [2.24, 2.45) is 5.10 Å². The molecule has 4 rings (SSSR count). The standard InChI is InChI=1S/C17H14Cl2N4OS/c18-10-5-9(15(24)12(19)6-10)7-22-23-16-14-11-3-1-2-4-13(11)25-17(14)21-8-20-16/h5-8,24H,1-4H2,(H,20,21,23)/b22-7-. The first kappa shape index (κ1) is 16.6. The number of rotatable bonds is 3. The van der Waals surface area contributed by atoms with E-state index < -0.39 is 0 Å². The molecular formula is C17H14Cl2N4OS. The molecular weight excluding hydrogens is 379 g/mol. The molecule has 0 spiro atoms. The van der Waals surface area contributed by atoms with Crippen LogP contribution in [0, 0.1) is 0 Å². The Morgan fingerprint density at radius 3 is 2.92 bits per heavy atom. The Kier molecular flexibility index (Phi) is 4.50. The number of hydrogen-bond acceptors (Lipinski definition) is 6. The van der Waals surface area contributed by atoms with Crippen LogP contribution in [0.4, 0.5) is 5.82 Å². The van der Waals surface area contributed by atoms with Crippen LogP contribution in [0.25, 0.3) is 10.2 Å². The number of hydrazone groups is 1. The minimum atomic E-state index is -0.0580. The molecule has 0 atom stereocenters. The molecule has 2 aromatic heterocycles. The Balaban J connectivity index is 1.67. The zero-order chi connectivity index (χ0) is 17.4. The number of aromatic hydroxyl groups is 1. The summed E-state index contributed by atoms with van der Waals surface area (Å²) in [5, 5.41) is 15.8. The van der Waals surface area contributed by atoms with Gasteiger partial charge >= 0.3 is 0 Å². The molecule has 0 unspecified atom stereocenters. The van der Waals surface area contributed by atoms with E-state index in [4.69, 9.17) is 23.2 Å². The number of halogens is 2. The van der Waals surface area contributed by atoms with E-state index in [0.717, 1.165) is 23.1 Å². The fourth-order valence-electron chi connectivity index (χ4n) is 3.02. The summed E-state index contributed by atoms with van der Waals surface area (Å²) >= 11 is 13.6. The Hall–Kier alpha value is -1.89. The summed E-state index contributed by atoms with van der Waals surface area (Å²) in [5.41, 5.74) is 4.73. The second-order valence-electron chi connectivity index (χ2n) is 5.81. The number of nitrogens with one attached hydrogen (secondary N) is 1. The average molecular weight is 393 g/mol. The molecule has 8 heteroatoms. The van der Waals surface area contributed by atoms with Crippen molar-refractivity contribution < 1.29 is 5.11 Å². The van der Waals surface area contributed by atoms with Crippen molar-refractivity contribution in [2.45, 2.75) is 25.7 Å². The zero-order valence-electron chi connectivity index (χ0n) is 13.1. The lowest BCUT2D eigenvalue weighted by atomic mass is 9.97. The van der Waals surface area contributed by atoms with E-state index in [1.54, 1.807) is 17.4 Å². The van der Waals surface area contributed by atoms with Crippen molar-refractivity contribution in [3.05, 3.63) is 44.5 Å². The Labute approximate surface area is 158 Å². The van der Waals surface area contributed by atoms with Crippen LogP contribution in [-0.2, 0) is 12.8 Å². The van der Waals surface area contributed by atoms with Crippen molar-refractivity contribution in [1.82, 2.24) is 9.97 Å². The summed E-state index contributed by atoms with van der Waals surface area (Å²) < 4.78 is 0. The fraction of sp³-hybridized carbons (Fsp3) is 0.235. The predicted molar refractivity (Wildman–Crippen MR) is 103 cm³/mol. The minimum absolute atomic E-state index is 0.0580. The Morgan fingerprint density at radius 1 is 1.20 bits per heavy atom. The maximum Gasteiger partial charge on any atom is 0.158 e. The van der Waals surface area contributed by atoms with E-state index in [9.17, 15) is 5.11 Å². The van der Waals surface area contributed by atoms with Gasteiger partial charge in [0.25, 0.3) is 0 Å². The third-order valence-electron chi connectivity index (χ3n) is 4.18. The highest BCUT2D eigenvalue weighted by Crippen LogP contribution is 2.38. The number of hydrogen-bond donors (Lipinski definition) is 2. The number of phenols is 1. The summed E-state index contributed by atoms with van der Waals surface area (Å²) in [6.45, 7) is 0. The van der Waals surface area contributed by atoms with Gasteiger partial charge in [0.1, 0.15) is 16.9 Å². The molecule has 0 saturated carbocycles. The zero-order valence-corrected chi connectivity index (χ0v) is 15.4. The van der Waals surface area contributed by atoms with Crippen molar-refractivity contribution in [3.63, 3.8) is 0 Å². The van der Waals surface area contributed by atoms with Gasteiger partial charge in [-0.3, -0.25) is 5.43 Å². The number of benzene rings is 1. The fourth-order valence-corrected chi connectivity index (χ4v) is 4.76. The summed E-state index contributed by atoms with van der Waals surface area (Å²) in [7, 11) is 0. The third kappa shape index (κ3) is 3.17. The van der Waals surface area contributed by atoms with Gasteiger partial charge in [0.15, 0.2) is 5.82 Å². The SMILES string of the molecule is Oc1c(Cl)cc(Cl)cc1/C=N\Nc1ncnc2sc3c(c12)CCCC3. The molecule has 1 aromatic carbocycles. The van der Waals surface area contributed by atoms with E-state index >= 15 is 0 Å². The first-order chi connectivity index (χ1) is 12.1. The van der Waals surface area contributed by atoms with Crippen LogP contribution in [0.2, 0.25) is 10.0 Å². The molecule has 0 aliphatic heterocycles. The van der Waals surface area contributed by atoms with Gasteiger partial charge in [-0.05, 0) is 43.4 Å². The first-order valence-electron chi connectivity index (χ1n) is 7.86. The number of fused-ring (bicyclic) bond motifs is 3. The number of phenolic OH excluding ortho intramolecular Hbond substituents is 1. The van der Waals surface area contributed by atoms with Crippen molar-refractivity contribution >= 4 is 56.8 Å². The monoisotopic (exact) mass is 392 g/mol. The summed E-state index contributed by atoms with van der Waals surface area (Å²) in [6, 6.07) is 3.07. The van der Waals surface area contributed by atoms with Crippen LogP contribution in [-0.4, -0.2) is 21.3 Å². The maximum atomic E-state index is 9.98. The molecule has 5 nitrogen and oxygen atoms in total. The van der Waals surface area contributed by atoms with Gasteiger partial charge in [-0.15, -0.1) is 11.3 Å². The van der Waals surface area contributed by atoms with Crippen LogP contribution < -0.4 is 5.43 Å². The third-order valence-corrected chi connectivity index (χ3v) is 5.89. The molecule has 25 heavy (non-hydrogen) atoms. The van der Waals surface area contributed by atoms with E-state index in [1.165, 1.54) is 41.9 Å². The summed E-state index contributed by atoms with van der Waals surface area (Å²) in [4.78, 5) is 11.1. The molecule has 0 saturated heterocycles. The molecule has 1 aliphatic carbocycles. The second kappa shape index (κ2) is 6.78. The van der Waals surface area contributed by atoms with Gasteiger partial charge in [-0.25, -0.2) is 9.97 Å². The molecule has 0 fully saturated rings. The lowest BCUT2D eigenvalue weighted by Gasteiger charge is -2.11. The highest BCUT2D eigenvalue weighted by atomic mass is 35.5. The lowest BCUT2D eigenvalue weighted by molar-refractivity contribution is 0.475. The number of nitrogens with zero attached hydrogens (tertiary/aromatic N) is 3. The van der Waals surface area contributed by atoms with Gasteiger partial charge in [-0.1, -0.05) is 23.2 Å². The van der Waals surface area contributed by atoms with Crippen LogP contribution >= 0.6 is 34.5 Å². The molecule has 0 bridgehead atoms. The van der Waals surface area contributed by atoms with Crippen molar-refractivity contribution in [2.75, 3.05) is 5.43 Å². The second-order valence-corrected chi connectivity index (χ2v) is 7.74. The first-order valence-corrected chi connectivity index (χ1v) is 9.43. The topological polar surface area (TPSA) is 70.4 Å². The normalized spacial score (nSPS) is 14.2. The van der Waals surface area contributed by atoms with Gasteiger partial charge < -0.3 is 5.11 Å². The number of aromatic nitrogens is 2. The minimum Gasteiger partial charge on any atom is -0.506 e. The van der Waals surface area contributed by atoms with E-state index in [-0.39, 0.29) is 10.8 Å². The average Bonchev–Trinajstić information content (AvgIpc) is 2.98. The van der Waals surface area contributed by atoms with Crippen molar-refractivity contribution in [1.29, 1.82) is 0 Å². The highest BCUT2D eigenvalue weighted by molar-refractivity contribution is 7.19. The van der Waals surface area contributed by atoms with Crippen LogP contribution in [0.15, 0.2) is 23.6 Å². The highest BCUT2D eigenvalue weighted by Gasteiger charge is 2.19. The van der Waals surface area contributed by atoms with Gasteiger partial charge in [-0.2, -0.15) is 5.10 Å². The molecule has 2 heterocycles. The Morgan fingerprint density at radius 2 is 2.04 bits per heavy atom. The maximum absolute atomic E-state index is 9.98. The summed E-state index contributed by atoms with van der Waals surface area (Å²) in [6.07, 6.45) is 7.57. The van der Waals surface area contributed by atoms with Crippen LogP contribution in [0.5, 0.6) is 5.75 Å². The predicted octanol–water partition coefficient (Wildman–Crippen LogP) is 5.03. The molecule has 3 aromatic rings. The Bertz CT molecular complexity index is 986. The molecule has 128 valence electrons. The lowest BCUT2D eigenvalue weighted by Crippen LogP contribution is -2.01. The summed E-state index contributed by atoms with van der Waals surface area (Å²) in [5.74, 6) is 0.616. The molecule has 0 amide bonds. The molecule has 0 radical (unpaired) electrons. The largest absolute Gasteiger partial charge is 0.506 e. The van der Waals surface area contributed by atoms with Crippen LogP contribution in [0.3, 0.4) is 0 Å². The number of thiophene rings is 1. The smallest absolute Gasteiger partial charge is 0.158 e. The van der Waals surface area contributed by atoms with E-state index in [1.807, 2.05) is 0 Å². The van der Waals surface area contributed by atoms with Gasteiger partial charge in [0, 0.05) is 15.5 Å². The van der Waals surface area contributed by atoms with Gasteiger partial charge in [0.05, 0.1) is 16.6 Å². The molecule has 2 N–H and O–H groups in total.